The predicted molar refractivity (Wildman–Crippen MR) is 117 cm³/mol. The number of nitrogens with one attached hydrogen (secondary N) is 1. The summed E-state index contributed by atoms with van der Waals surface area (Å²) >= 11 is 12.0. The van der Waals surface area contributed by atoms with Gasteiger partial charge in [0.05, 0.1) is 11.8 Å². The summed E-state index contributed by atoms with van der Waals surface area (Å²) in [6, 6.07) is 22.5. The monoisotopic (exact) mass is 421 g/mol. The minimum atomic E-state index is -0.272. The Morgan fingerprint density at radius 3 is 2.31 bits per heavy atom. The molecule has 2 aliphatic rings. The van der Waals surface area contributed by atoms with Crippen LogP contribution >= 0.6 is 23.2 Å². The van der Waals surface area contributed by atoms with E-state index in [2.05, 4.69) is 17.4 Å². The van der Waals surface area contributed by atoms with Gasteiger partial charge in [0.2, 0.25) is 0 Å². The smallest absolute Gasteiger partial charge is 0.306 e. The van der Waals surface area contributed by atoms with Crippen molar-refractivity contribution in [2.75, 3.05) is 5.32 Å². The standard InChI is InChI=1S/C23H17Cl2N3O/c24-16-7-5-14(6-8-16)22-20-13-15-3-1-2-4-19(15)21(20)27-28(22)23(29)26-18-11-9-17(25)10-12-18/h1-12,20,22H,13H2,(H,26,29)/t20-,22-/m0/s1. The van der Waals surface area contributed by atoms with E-state index < -0.39 is 0 Å². The van der Waals surface area contributed by atoms with Gasteiger partial charge in [0.15, 0.2) is 0 Å². The van der Waals surface area contributed by atoms with Crippen molar-refractivity contribution in [3.63, 3.8) is 0 Å². The van der Waals surface area contributed by atoms with E-state index in [0.717, 1.165) is 23.3 Å². The average molecular weight is 422 g/mol. The zero-order chi connectivity index (χ0) is 20.0. The summed E-state index contributed by atoms with van der Waals surface area (Å²) in [7, 11) is 0. The van der Waals surface area contributed by atoms with E-state index in [9.17, 15) is 4.79 Å². The van der Waals surface area contributed by atoms with Crippen LogP contribution in [0.2, 0.25) is 10.0 Å². The van der Waals surface area contributed by atoms with Crippen LogP contribution in [0.25, 0.3) is 0 Å². The number of halogens is 2. The summed E-state index contributed by atoms with van der Waals surface area (Å²) in [6.07, 6.45) is 0.854. The zero-order valence-corrected chi connectivity index (χ0v) is 16.9. The molecule has 1 aliphatic heterocycles. The first-order valence-corrected chi connectivity index (χ1v) is 10.1. The van der Waals surface area contributed by atoms with Gasteiger partial charge in [0.1, 0.15) is 0 Å². The summed E-state index contributed by atoms with van der Waals surface area (Å²) in [5.74, 6) is 0.115. The Bertz CT molecular complexity index is 1110. The average Bonchev–Trinajstić information content (AvgIpc) is 3.27. The second kappa shape index (κ2) is 7.21. The van der Waals surface area contributed by atoms with Crippen molar-refractivity contribution >= 4 is 40.6 Å². The fourth-order valence-electron chi connectivity index (χ4n) is 4.14. The number of rotatable bonds is 2. The number of hydrogen-bond donors (Lipinski definition) is 1. The minimum Gasteiger partial charge on any atom is -0.306 e. The van der Waals surface area contributed by atoms with Gasteiger partial charge in [-0.1, -0.05) is 59.6 Å². The summed E-state index contributed by atoms with van der Waals surface area (Å²) in [5, 5.41) is 10.5. The molecule has 0 unspecified atom stereocenters. The van der Waals surface area contributed by atoms with Gasteiger partial charge in [-0.3, -0.25) is 0 Å². The normalized spacial score (nSPS) is 19.5. The molecule has 29 heavy (non-hydrogen) atoms. The van der Waals surface area contributed by atoms with Gasteiger partial charge in [-0.15, -0.1) is 0 Å². The third-order valence-corrected chi connectivity index (χ3v) is 5.96. The Morgan fingerprint density at radius 1 is 0.931 bits per heavy atom. The summed E-state index contributed by atoms with van der Waals surface area (Å²) in [4.78, 5) is 13.1. The number of hydrogen-bond acceptors (Lipinski definition) is 2. The highest BCUT2D eigenvalue weighted by molar-refractivity contribution is 6.30. The molecule has 0 saturated carbocycles. The maximum absolute atomic E-state index is 13.1. The zero-order valence-electron chi connectivity index (χ0n) is 15.3. The van der Waals surface area contributed by atoms with Crippen LogP contribution in [0, 0.1) is 5.92 Å². The molecule has 0 fully saturated rings. The molecule has 0 bridgehead atoms. The first-order chi connectivity index (χ1) is 14.1. The highest BCUT2D eigenvalue weighted by Gasteiger charge is 2.45. The molecule has 2 atom stereocenters. The molecule has 144 valence electrons. The van der Waals surface area contributed by atoms with E-state index in [-0.39, 0.29) is 18.0 Å². The number of anilines is 1. The first-order valence-electron chi connectivity index (χ1n) is 9.38. The Kier molecular flexibility index (Phi) is 4.53. The molecule has 5 rings (SSSR count). The van der Waals surface area contributed by atoms with E-state index in [0.29, 0.717) is 15.7 Å². The molecule has 1 heterocycles. The molecule has 1 aliphatic carbocycles. The lowest BCUT2D eigenvalue weighted by Crippen LogP contribution is -2.34. The number of benzene rings is 3. The lowest BCUT2D eigenvalue weighted by Gasteiger charge is -2.26. The fourth-order valence-corrected chi connectivity index (χ4v) is 4.39. The lowest BCUT2D eigenvalue weighted by atomic mass is 9.90. The largest absolute Gasteiger partial charge is 0.342 e. The SMILES string of the molecule is O=C(Nc1ccc(Cl)cc1)N1N=C2c3ccccc3C[C@@H]2[C@@H]1c1ccc(Cl)cc1. The van der Waals surface area contributed by atoms with Gasteiger partial charge < -0.3 is 5.32 Å². The Hall–Kier alpha value is -2.82. The summed E-state index contributed by atoms with van der Waals surface area (Å²) in [6.45, 7) is 0. The molecule has 0 aromatic heterocycles. The summed E-state index contributed by atoms with van der Waals surface area (Å²) in [5.41, 5.74) is 5.04. The van der Waals surface area contributed by atoms with Crippen molar-refractivity contribution in [3.05, 3.63) is 99.5 Å². The molecule has 3 aromatic rings. The Labute approximate surface area is 178 Å². The van der Waals surface area contributed by atoms with Crippen LogP contribution in [-0.4, -0.2) is 16.8 Å². The van der Waals surface area contributed by atoms with Crippen molar-refractivity contribution in [1.29, 1.82) is 0 Å². The molecule has 6 heteroatoms. The van der Waals surface area contributed by atoms with Gasteiger partial charge in [-0.2, -0.15) is 5.10 Å². The number of urea groups is 1. The Morgan fingerprint density at radius 2 is 1.59 bits per heavy atom. The molecule has 4 nitrogen and oxygen atoms in total. The Balaban J connectivity index is 1.52. The highest BCUT2D eigenvalue weighted by Crippen LogP contribution is 2.44. The van der Waals surface area contributed by atoms with Crippen LogP contribution in [0.5, 0.6) is 0 Å². The van der Waals surface area contributed by atoms with E-state index in [1.807, 2.05) is 36.4 Å². The topological polar surface area (TPSA) is 44.7 Å². The molecule has 0 radical (unpaired) electrons. The van der Waals surface area contributed by atoms with Crippen LogP contribution in [0.1, 0.15) is 22.7 Å². The van der Waals surface area contributed by atoms with Crippen molar-refractivity contribution in [2.24, 2.45) is 11.0 Å². The predicted octanol–water partition coefficient (Wildman–Crippen LogP) is 6.16. The van der Waals surface area contributed by atoms with Crippen LogP contribution in [0.3, 0.4) is 0 Å². The second-order valence-electron chi connectivity index (χ2n) is 7.23. The minimum absolute atomic E-state index is 0.115. The van der Waals surface area contributed by atoms with Crippen molar-refractivity contribution < 1.29 is 4.79 Å². The quantitative estimate of drug-likeness (QED) is 0.528. The maximum atomic E-state index is 13.1. The number of carbonyl (C=O) groups is 1. The van der Waals surface area contributed by atoms with E-state index in [1.165, 1.54) is 5.56 Å². The lowest BCUT2D eigenvalue weighted by molar-refractivity contribution is 0.190. The van der Waals surface area contributed by atoms with Crippen LogP contribution < -0.4 is 5.32 Å². The molecule has 2 amide bonds. The molecule has 0 spiro atoms. The first kappa shape index (κ1) is 18.2. The number of nitrogens with zero attached hydrogens (tertiary/aromatic N) is 2. The van der Waals surface area contributed by atoms with Crippen molar-refractivity contribution in [3.8, 4) is 0 Å². The molecular formula is C23H17Cl2N3O. The van der Waals surface area contributed by atoms with Gasteiger partial charge in [0.25, 0.3) is 0 Å². The van der Waals surface area contributed by atoms with Crippen molar-refractivity contribution in [2.45, 2.75) is 12.5 Å². The number of hydrazone groups is 1. The van der Waals surface area contributed by atoms with E-state index in [4.69, 9.17) is 28.3 Å². The van der Waals surface area contributed by atoms with E-state index >= 15 is 0 Å². The number of amides is 2. The number of fused-ring (bicyclic) bond motifs is 3. The second-order valence-corrected chi connectivity index (χ2v) is 8.10. The van der Waals surface area contributed by atoms with Crippen LogP contribution in [0.15, 0.2) is 77.9 Å². The molecular weight excluding hydrogens is 405 g/mol. The third-order valence-electron chi connectivity index (χ3n) is 5.46. The van der Waals surface area contributed by atoms with E-state index in [1.54, 1.807) is 29.3 Å². The molecule has 1 N–H and O–H groups in total. The molecule has 0 saturated heterocycles. The summed E-state index contributed by atoms with van der Waals surface area (Å²) < 4.78 is 0. The van der Waals surface area contributed by atoms with Crippen LogP contribution in [-0.2, 0) is 6.42 Å². The van der Waals surface area contributed by atoms with Gasteiger partial charge >= 0.3 is 6.03 Å². The van der Waals surface area contributed by atoms with Gasteiger partial charge in [-0.05, 0) is 53.9 Å². The van der Waals surface area contributed by atoms with Crippen LogP contribution in [0.4, 0.5) is 10.5 Å². The van der Waals surface area contributed by atoms with Gasteiger partial charge in [0, 0.05) is 27.2 Å². The van der Waals surface area contributed by atoms with Crippen molar-refractivity contribution in [1.82, 2.24) is 5.01 Å². The van der Waals surface area contributed by atoms with Gasteiger partial charge in [-0.25, -0.2) is 9.80 Å². The number of carbonyl (C=O) groups excluding carboxylic acids is 1. The highest BCUT2D eigenvalue weighted by atomic mass is 35.5. The fraction of sp³-hybridized carbons (Fsp3) is 0.130. The third kappa shape index (κ3) is 3.28. The molecule has 3 aromatic carbocycles. The maximum Gasteiger partial charge on any atom is 0.342 e.